The van der Waals surface area contributed by atoms with Gasteiger partial charge in [0.15, 0.2) is 0 Å². The highest BCUT2D eigenvalue weighted by molar-refractivity contribution is 5.82. The van der Waals surface area contributed by atoms with Gasteiger partial charge in [0, 0.05) is 17.6 Å². The number of rotatable bonds is 5. The molecule has 2 atom stereocenters. The first-order valence-corrected chi connectivity index (χ1v) is 8.29. The molecule has 0 amide bonds. The summed E-state index contributed by atoms with van der Waals surface area (Å²) in [5, 5.41) is 5.27. The molecule has 0 radical (unpaired) electrons. The van der Waals surface area contributed by atoms with E-state index >= 15 is 0 Å². The summed E-state index contributed by atoms with van der Waals surface area (Å²) in [4.78, 5) is 14.4. The van der Waals surface area contributed by atoms with Crippen molar-refractivity contribution in [2.75, 3.05) is 6.54 Å². The topological polar surface area (TPSA) is 54.1 Å². The maximum Gasteiger partial charge on any atom is 0.255 e. The molecule has 0 aliphatic heterocycles. The van der Waals surface area contributed by atoms with Crippen LogP contribution in [0.5, 0.6) is 5.75 Å². The second kappa shape index (κ2) is 5.76. The molecule has 0 saturated heterocycles. The molecule has 1 aromatic heterocycles. The van der Waals surface area contributed by atoms with E-state index in [4.69, 9.17) is 4.74 Å². The van der Waals surface area contributed by atoms with Crippen LogP contribution in [0.4, 0.5) is 0 Å². The molecule has 2 fully saturated rings. The average Bonchev–Trinajstić information content (AvgIpc) is 3.25. The summed E-state index contributed by atoms with van der Waals surface area (Å²) in [6.07, 6.45) is 8.20. The molecule has 22 heavy (non-hydrogen) atoms. The minimum Gasteiger partial charge on any atom is -0.490 e. The molecule has 0 unspecified atom stereocenters. The summed E-state index contributed by atoms with van der Waals surface area (Å²) in [7, 11) is 0. The molecule has 2 aromatic rings. The fourth-order valence-corrected chi connectivity index (χ4v) is 3.38. The summed E-state index contributed by atoms with van der Waals surface area (Å²) < 4.78 is 6.14. The number of hydrogen-bond donors (Lipinski definition) is 2. The van der Waals surface area contributed by atoms with E-state index in [1.165, 1.54) is 19.3 Å². The Morgan fingerprint density at radius 3 is 2.95 bits per heavy atom. The maximum atomic E-state index is 11.7. The normalized spacial score (nSPS) is 24.7. The van der Waals surface area contributed by atoms with Crippen molar-refractivity contribution in [3.8, 4) is 5.75 Å². The average molecular weight is 298 g/mol. The lowest BCUT2D eigenvalue weighted by Gasteiger charge is -2.15. The minimum atomic E-state index is -0.0452. The Kier molecular flexibility index (Phi) is 3.62. The predicted octanol–water partition coefficient (Wildman–Crippen LogP) is 2.83. The SMILES string of the molecule is O=c1[nH]ccc2cc(O[C@H]3CC[C@@H](CNC4CC4)C3)ccc12. The standard InChI is InChI=1S/C18H22N2O2/c21-18-17-6-5-16(10-13(17)7-8-19-18)22-15-4-1-12(9-15)11-20-14-2-3-14/h5-8,10,12,14-15,20H,1-4,9,11H2,(H,19,21)/t12-,15+/m1/s1. The van der Waals surface area contributed by atoms with Gasteiger partial charge in [-0.1, -0.05) is 0 Å². The van der Waals surface area contributed by atoms with Crippen molar-refractivity contribution in [2.45, 2.75) is 44.2 Å². The van der Waals surface area contributed by atoms with Crippen LogP contribution in [0.2, 0.25) is 0 Å². The molecule has 0 spiro atoms. The second-order valence-electron chi connectivity index (χ2n) is 6.66. The number of nitrogens with one attached hydrogen (secondary N) is 2. The van der Waals surface area contributed by atoms with Gasteiger partial charge in [0.2, 0.25) is 0 Å². The van der Waals surface area contributed by atoms with Gasteiger partial charge in [0.05, 0.1) is 6.10 Å². The van der Waals surface area contributed by atoms with Crippen molar-refractivity contribution in [1.82, 2.24) is 10.3 Å². The van der Waals surface area contributed by atoms with E-state index in [9.17, 15) is 4.79 Å². The summed E-state index contributed by atoms with van der Waals surface area (Å²) in [5.74, 6) is 1.62. The van der Waals surface area contributed by atoms with E-state index in [-0.39, 0.29) is 5.56 Å². The fraction of sp³-hybridized carbons (Fsp3) is 0.500. The monoisotopic (exact) mass is 298 g/mol. The van der Waals surface area contributed by atoms with Gasteiger partial charge in [-0.3, -0.25) is 4.79 Å². The van der Waals surface area contributed by atoms with Crippen LogP contribution in [0.1, 0.15) is 32.1 Å². The van der Waals surface area contributed by atoms with Crippen LogP contribution in [0.25, 0.3) is 10.8 Å². The van der Waals surface area contributed by atoms with Gasteiger partial charge in [-0.2, -0.15) is 0 Å². The largest absolute Gasteiger partial charge is 0.490 e. The van der Waals surface area contributed by atoms with Crippen molar-refractivity contribution in [1.29, 1.82) is 0 Å². The first kappa shape index (κ1) is 13.8. The molecular weight excluding hydrogens is 276 g/mol. The number of ether oxygens (including phenoxy) is 1. The molecule has 1 aromatic carbocycles. The van der Waals surface area contributed by atoms with E-state index in [1.54, 1.807) is 6.20 Å². The van der Waals surface area contributed by atoms with Crippen molar-refractivity contribution in [3.63, 3.8) is 0 Å². The quantitative estimate of drug-likeness (QED) is 0.892. The van der Waals surface area contributed by atoms with Crippen molar-refractivity contribution in [2.24, 2.45) is 5.92 Å². The van der Waals surface area contributed by atoms with Crippen LogP contribution in [0.15, 0.2) is 35.3 Å². The lowest BCUT2D eigenvalue weighted by Crippen LogP contribution is -2.24. The van der Waals surface area contributed by atoms with Gasteiger partial charge in [0.25, 0.3) is 5.56 Å². The molecule has 2 aliphatic rings. The molecule has 4 rings (SSSR count). The zero-order chi connectivity index (χ0) is 14.9. The fourth-order valence-electron chi connectivity index (χ4n) is 3.38. The van der Waals surface area contributed by atoms with Crippen LogP contribution in [0.3, 0.4) is 0 Å². The van der Waals surface area contributed by atoms with Gasteiger partial charge in [-0.25, -0.2) is 0 Å². The predicted molar refractivity (Wildman–Crippen MR) is 87.4 cm³/mol. The molecule has 2 aliphatic carbocycles. The van der Waals surface area contributed by atoms with E-state index in [0.29, 0.717) is 11.5 Å². The Balaban J connectivity index is 1.39. The Labute approximate surface area is 129 Å². The summed E-state index contributed by atoms with van der Waals surface area (Å²) in [6, 6.07) is 8.44. The highest BCUT2D eigenvalue weighted by Crippen LogP contribution is 2.30. The zero-order valence-corrected chi connectivity index (χ0v) is 12.7. The molecule has 116 valence electrons. The Morgan fingerprint density at radius 2 is 2.09 bits per heavy atom. The number of fused-ring (bicyclic) bond motifs is 1. The van der Waals surface area contributed by atoms with E-state index in [0.717, 1.165) is 42.5 Å². The number of aromatic amines is 1. The summed E-state index contributed by atoms with van der Waals surface area (Å²) in [5.41, 5.74) is -0.0452. The van der Waals surface area contributed by atoms with Crippen LogP contribution in [-0.2, 0) is 0 Å². The number of pyridine rings is 1. The summed E-state index contributed by atoms with van der Waals surface area (Å²) in [6.45, 7) is 1.14. The lowest BCUT2D eigenvalue weighted by molar-refractivity contribution is 0.204. The molecular formula is C18H22N2O2. The maximum absolute atomic E-state index is 11.7. The smallest absolute Gasteiger partial charge is 0.255 e. The highest BCUT2D eigenvalue weighted by Gasteiger charge is 2.28. The van der Waals surface area contributed by atoms with Gasteiger partial charge in [-0.05, 0) is 74.2 Å². The molecule has 4 heteroatoms. The molecule has 0 bridgehead atoms. The zero-order valence-electron chi connectivity index (χ0n) is 12.7. The molecule has 1 heterocycles. The number of hydrogen-bond acceptors (Lipinski definition) is 3. The molecule has 2 N–H and O–H groups in total. The number of aromatic nitrogens is 1. The Bertz CT molecular complexity index is 720. The van der Waals surface area contributed by atoms with Crippen LogP contribution in [0, 0.1) is 5.92 Å². The highest BCUT2D eigenvalue weighted by atomic mass is 16.5. The Hall–Kier alpha value is -1.81. The first-order chi connectivity index (χ1) is 10.8. The van der Waals surface area contributed by atoms with Crippen LogP contribution >= 0.6 is 0 Å². The Morgan fingerprint density at radius 1 is 1.18 bits per heavy atom. The third kappa shape index (κ3) is 3.02. The van der Waals surface area contributed by atoms with Gasteiger partial charge >= 0.3 is 0 Å². The third-order valence-electron chi connectivity index (χ3n) is 4.81. The van der Waals surface area contributed by atoms with E-state index < -0.39 is 0 Å². The van der Waals surface area contributed by atoms with Gasteiger partial charge in [0.1, 0.15) is 5.75 Å². The lowest BCUT2D eigenvalue weighted by atomic mass is 10.1. The van der Waals surface area contributed by atoms with E-state index in [1.807, 2.05) is 24.3 Å². The third-order valence-corrected chi connectivity index (χ3v) is 4.81. The van der Waals surface area contributed by atoms with Gasteiger partial charge in [-0.15, -0.1) is 0 Å². The first-order valence-electron chi connectivity index (χ1n) is 8.29. The van der Waals surface area contributed by atoms with Crippen molar-refractivity contribution >= 4 is 10.8 Å². The van der Waals surface area contributed by atoms with Crippen molar-refractivity contribution < 1.29 is 4.74 Å². The number of benzene rings is 1. The van der Waals surface area contributed by atoms with E-state index in [2.05, 4.69) is 10.3 Å². The molecule has 4 nitrogen and oxygen atoms in total. The minimum absolute atomic E-state index is 0.0452. The molecule has 2 saturated carbocycles. The van der Waals surface area contributed by atoms with Crippen LogP contribution in [-0.4, -0.2) is 23.7 Å². The number of H-pyrrole nitrogens is 1. The summed E-state index contributed by atoms with van der Waals surface area (Å²) >= 11 is 0. The second-order valence-corrected chi connectivity index (χ2v) is 6.66. The van der Waals surface area contributed by atoms with Gasteiger partial charge < -0.3 is 15.0 Å². The van der Waals surface area contributed by atoms with Crippen LogP contribution < -0.4 is 15.6 Å². The van der Waals surface area contributed by atoms with Crippen molar-refractivity contribution in [3.05, 3.63) is 40.8 Å².